The van der Waals surface area contributed by atoms with Crippen LogP contribution in [0.15, 0.2) is 94.8 Å². The van der Waals surface area contributed by atoms with Crippen molar-refractivity contribution >= 4 is 29.6 Å². The molecular formula is C32H26NO6+. The Morgan fingerprint density at radius 2 is 1.64 bits per heavy atom. The topological polar surface area (TPSA) is 105 Å². The SMILES string of the molecule is Cc1ccccc1C1=CC(C=c2c(=O)c(=Cc3cc[n+](CCC(=O)O)cc3O)c2=O)C=C(c2ccccc2)O1. The number of carboxylic acids is 1. The number of benzene rings is 2. The number of nitrogens with zero attached hydrogens (tertiary/aromatic N) is 1. The van der Waals surface area contributed by atoms with Crippen LogP contribution in [0.4, 0.5) is 0 Å². The van der Waals surface area contributed by atoms with Gasteiger partial charge in [0.25, 0.3) is 0 Å². The van der Waals surface area contributed by atoms with Gasteiger partial charge in [-0.2, -0.15) is 0 Å². The number of carboxylic acid groups (broad SMARTS) is 1. The van der Waals surface area contributed by atoms with Crippen molar-refractivity contribution in [3.8, 4) is 5.75 Å². The van der Waals surface area contributed by atoms with Crippen molar-refractivity contribution in [2.45, 2.75) is 19.9 Å². The van der Waals surface area contributed by atoms with E-state index in [-0.39, 0.29) is 35.1 Å². The predicted molar refractivity (Wildman–Crippen MR) is 147 cm³/mol. The fourth-order valence-corrected chi connectivity index (χ4v) is 4.52. The van der Waals surface area contributed by atoms with Crippen molar-refractivity contribution in [2.24, 2.45) is 5.92 Å². The maximum Gasteiger partial charge on any atom is 0.309 e. The Balaban J connectivity index is 1.52. The zero-order valence-electron chi connectivity index (χ0n) is 21.2. The van der Waals surface area contributed by atoms with Gasteiger partial charge in [0.05, 0.1) is 10.4 Å². The molecule has 0 aliphatic carbocycles. The number of hydrogen-bond donors (Lipinski definition) is 2. The molecule has 0 saturated carbocycles. The number of carbonyl (C=O) groups is 1. The zero-order valence-corrected chi connectivity index (χ0v) is 21.2. The maximum atomic E-state index is 13.0. The summed E-state index contributed by atoms with van der Waals surface area (Å²) in [7, 11) is 0. The Kier molecular flexibility index (Phi) is 7.06. The third kappa shape index (κ3) is 5.48. The van der Waals surface area contributed by atoms with Crippen LogP contribution in [0.1, 0.15) is 28.7 Å². The van der Waals surface area contributed by atoms with Crippen molar-refractivity contribution in [3.05, 3.63) is 138 Å². The van der Waals surface area contributed by atoms with Gasteiger partial charge >= 0.3 is 5.97 Å². The summed E-state index contributed by atoms with van der Waals surface area (Å²) in [5.41, 5.74) is 2.36. The second-order valence-electron chi connectivity index (χ2n) is 9.39. The molecule has 0 spiro atoms. The summed E-state index contributed by atoms with van der Waals surface area (Å²) in [6.07, 6.45) is 9.65. The normalized spacial score (nSPS) is 14.7. The highest BCUT2D eigenvalue weighted by Gasteiger charge is 2.20. The molecule has 194 valence electrons. The standard InChI is InChI=1S/C32H25NO6/c1-20-7-5-6-10-24(20)29-17-21(16-28(39-29)22-8-3-2-4-9-22)15-25-31(37)26(32(25)38)18-23-11-13-33(19-27(23)34)14-12-30(35)36/h2-11,13,15-19,21H,12,14H2,1H3,(H-,34,35,36,37,38)/p+1. The molecular weight excluding hydrogens is 494 g/mol. The van der Waals surface area contributed by atoms with E-state index in [2.05, 4.69) is 0 Å². The summed E-state index contributed by atoms with van der Waals surface area (Å²) in [5, 5.41) is 19.3. The van der Waals surface area contributed by atoms with Gasteiger partial charge in [0.2, 0.25) is 17.1 Å². The van der Waals surface area contributed by atoms with Crippen molar-refractivity contribution in [1.29, 1.82) is 0 Å². The average molecular weight is 521 g/mol. The summed E-state index contributed by atoms with van der Waals surface area (Å²) >= 11 is 0. The lowest BCUT2D eigenvalue weighted by Crippen LogP contribution is -2.64. The van der Waals surface area contributed by atoms with E-state index in [0.29, 0.717) is 17.1 Å². The third-order valence-corrected chi connectivity index (χ3v) is 6.63. The highest BCUT2D eigenvalue weighted by molar-refractivity contribution is 5.76. The van der Waals surface area contributed by atoms with Crippen molar-refractivity contribution in [3.63, 3.8) is 0 Å². The summed E-state index contributed by atoms with van der Waals surface area (Å²) in [5.74, 6) is -0.171. The van der Waals surface area contributed by atoms with Crippen molar-refractivity contribution in [1.82, 2.24) is 0 Å². The van der Waals surface area contributed by atoms with Crippen LogP contribution in [0.5, 0.6) is 5.75 Å². The van der Waals surface area contributed by atoms with Gasteiger partial charge in [-0.15, -0.1) is 0 Å². The lowest BCUT2D eigenvalue weighted by molar-refractivity contribution is -0.696. The largest absolute Gasteiger partial charge is 0.502 e. The Morgan fingerprint density at radius 1 is 0.949 bits per heavy atom. The summed E-state index contributed by atoms with van der Waals surface area (Å²) in [6.45, 7) is 2.18. The first-order chi connectivity index (χ1) is 18.8. The molecule has 1 unspecified atom stereocenters. The molecule has 0 amide bonds. The Morgan fingerprint density at radius 3 is 2.33 bits per heavy atom. The van der Waals surface area contributed by atoms with Gasteiger partial charge in [0, 0.05) is 28.7 Å². The number of rotatable bonds is 7. The molecule has 2 N–H and O–H groups in total. The van der Waals surface area contributed by atoms with Crippen molar-refractivity contribution in [2.75, 3.05) is 0 Å². The number of aliphatic carboxylic acids is 1. The predicted octanol–water partition coefficient (Wildman–Crippen LogP) is 2.40. The van der Waals surface area contributed by atoms with Gasteiger partial charge in [0.15, 0.2) is 18.5 Å². The smallest absolute Gasteiger partial charge is 0.309 e. The van der Waals surface area contributed by atoms with Crippen LogP contribution < -0.4 is 25.9 Å². The molecule has 7 nitrogen and oxygen atoms in total. The minimum Gasteiger partial charge on any atom is -0.502 e. The first-order valence-corrected chi connectivity index (χ1v) is 12.5. The van der Waals surface area contributed by atoms with Crippen molar-refractivity contribution < 1.29 is 24.3 Å². The highest BCUT2D eigenvalue weighted by atomic mass is 16.5. The summed E-state index contributed by atoms with van der Waals surface area (Å²) < 4.78 is 7.79. The van der Waals surface area contributed by atoms with E-state index in [1.165, 1.54) is 22.9 Å². The van der Waals surface area contributed by atoms with Crippen LogP contribution in [0, 0.1) is 12.8 Å². The van der Waals surface area contributed by atoms with E-state index in [4.69, 9.17) is 9.84 Å². The van der Waals surface area contributed by atoms with E-state index in [1.807, 2.05) is 73.7 Å². The number of ether oxygens (including phenoxy) is 1. The second kappa shape index (κ2) is 10.8. The molecule has 3 aromatic carbocycles. The molecule has 1 aromatic heterocycles. The summed E-state index contributed by atoms with van der Waals surface area (Å²) in [4.78, 5) is 36.7. The van der Waals surface area contributed by atoms with Gasteiger partial charge < -0.3 is 14.9 Å². The van der Waals surface area contributed by atoms with Crippen LogP contribution in [-0.2, 0) is 16.1 Å². The first kappa shape index (κ1) is 25.6. The lowest BCUT2D eigenvalue weighted by Gasteiger charge is -2.22. The van der Waals surface area contributed by atoms with E-state index < -0.39 is 16.8 Å². The van der Waals surface area contributed by atoms with Crippen LogP contribution in [0.25, 0.3) is 23.7 Å². The third-order valence-electron chi connectivity index (χ3n) is 6.63. The summed E-state index contributed by atoms with van der Waals surface area (Å²) in [6, 6.07) is 19.0. The van der Waals surface area contributed by atoms with Gasteiger partial charge in [-0.1, -0.05) is 60.7 Å². The average Bonchev–Trinajstić information content (AvgIpc) is 2.94. The van der Waals surface area contributed by atoms with Gasteiger partial charge in [-0.05, 0) is 30.7 Å². The number of aromatic hydroxyl groups is 1. The monoisotopic (exact) mass is 520 g/mol. The second-order valence-corrected chi connectivity index (χ2v) is 9.39. The molecule has 7 heteroatoms. The van der Waals surface area contributed by atoms with Gasteiger partial charge in [0.1, 0.15) is 17.9 Å². The number of aryl methyl sites for hydroxylation is 2. The number of hydrogen-bond acceptors (Lipinski definition) is 5. The molecule has 0 saturated heterocycles. The van der Waals surface area contributed by atoms with E-state index >= 15 is 0 Å². The fraction of sp³-hybridized carbons (Fsp3) is 0.125. The van der Waals surface area contributed by atoms with Crippen LogP contribution in [0.2, 0.25) is 0 Å². The molecule has 1 aliphatic heterocycles. The first-order valence-electron chi connectivity index (χ1n) is 12.5. The van der Waals surface area contributed by atoms with E-state index in [0.717, 1.165) is 16.7 Å². The van der Waals surface area contributed by atoms with Crippen LogP contribution in [0.3, 0.4) is 0 Å². The lowest BCUT2D eigenvalue weighted by atomic mass is 9.96. The Bertz CT molecular complexity index is 1790. The molecule has 4 aromatic rings. The molecule has 2 heterocycles. The molecule has 0 fully saturated rings. The highest BCUT2D eigenvalue weighted by Crippen LogP contribution is 2.33. The minimum absolute atomic E-state index is 0.0118. The molecule has 1 aliphatic rings. The molecule has 39 heavy (non-hydrogen) atoms. The number of allylic oxidation sites excluding steroid dienone is 2. The van der Waals surface area contributed by atoms with Gasteiger partial charge in [-0.3, -0.25) is 14.4 Å². The quantitative estimate of drug-likeness (QED) is 0.363. The number of pyridine rings is 1. The zero-order chi connectivity index (χ0) is 27.5. The van der Waals surface area contributed by atoms with Crippen LogP contribution >= 0.6 is 0 Å². The molecule has 0 bridgehead atoms. The Hall–Kier alpha value is -5.04. The number of aromatic nitrogens is 1. The molecule has 0 radical (unpaired) electrons. The molecule has 1 atom stereocenters. The van der Waals surface area contributed by atoms with E-state index in [1.54, 1.807) is 12.3 Å². The van der Waals surface area contributed by atoms with E-state index in [9.17, 15) is 19.5 Å². The minimum atomic E-state index is -0.950. The van der Waals surface area contributed by atoms with Gasteiger partial charge in [-0.25, -0.2) is 4.57 Å². The molecule has 5 rings (SSSR count). The van der Waals surface area contributed by atoms with Crippen LogP contribution in [-0.4, -0.2) is 16.2 Å². The fourth-order valence-electron chi connectivity index (χ4n) is 4.52. The Labute approximate surface area is 223 Å². The maximum absolute atomic E-state index is 13.0.